The fourth-order valence-corrected chi connectivity index (χ4v) is 2.22. The average Bonchev–Trinajstić information content (AvgIpc) is 2.61. The van der Waals surface area contributed by atoms with Crippen LogP contribution in [0.25, 0.3) is 0 Å². The van der Waals surface area contributed by atoms with Gasteiger partial charge in [0.1, 0.15) is 0 Å². The quantitative estimate of drug-likeness (QED) is 0.828. The van der Waals surface area contributed by atoms with Crippen LogP contribution in [0.15, 0.2) is 54.6 Å². The second kappa shape index (κ2) is 8.49. The van der Waals surface area contributed by atoms with Gasteiger partial charge in [-0.25, -0.2) is 0 Å². The number of nitrogens with zero attached hydrogens (tertiary/aromatic N) is 1. The minimum atomic E-state index is -0.439. The van der Waals surface area contributed by atoms with Crippen LogP contribution in [-0.2, 0) is 14.3 Å². The number of rotatable bonds is 6. The molecule has 1 N–H and O–H groups in total. The van der Waals surface area contributed by atoms with E-state index in [1.807, 2.05) is 43.3 Å². The van der Waals surface area contributed by atoms with Crippen molar-refractivity contribution in [2.75, 3.05) is 11.9 Å². The van der Waals surface area contributed by atoms with Gasteiger partial charge in [-0.05, 0) is 29.7 Å². The third-order valence-electron chi connectivity index (χ3n) is 3.48. The monoisotopic (exact) mass is 322 g/mol. The van der Waals surface area contributed by atoms with E-state index in [0.717, 1.165) is 5.56 Å². The Balaban J connectivity index is 1.79. The number of amides is 1. The molecule has 2 rings (SSSR count). The van der Waals surface area contributed by atoms with Gasteiger partial charge in [0.05, 0.1) is 18.1 Å². The van der Waals surface area contributed by atoms with E-state index in [4.69, 9.17) is 10.00 Å². The molecular weight excluding hydrogens is 304 g/mol. The molecule has 0 radical (unpaired) electrons. The third-order valence-corrected chi connectivity index (χ3v) is 3.48. The standard InChI is InChI=1S/C19H18N2O3/c1-14(16-7-3-2-4-8-16)10-19(23)24-13-18(22)21-17-9-5-6-15(11-17)12-20/h2-9,11,14H,10,13H2,1H3,(H,21,22)/t14-/m1/s1. The van der Waals surface area contributed by atoms with Gasteiger partial charge in [0.15, 0.2) is 6.61 Å². The van der Waals surface area contributed by atoms with Crippen LogP contribution in [0.4, 0.5) is 5.69 Å². The van der Waals surface area contributed by atoms with Gasteiger partial charge >= 0.3 is 5.97 Å². The molecule has 0 aliphatic heterocycles. The minimum absolute atomic E-state index is 0.0223. The van der Waals surface area contributed by atoms with Gasteiger partial charge < -0.3 is 10.1 Å². The van der Waals surface area contributed by atoms with Gasteiger partial charge in [-0.15, -0.1) is 0 Å². The number of hydrogen-bond acceptors (Lipinski definition) is 4. The lowest BCUT2D eigenvalue weighted by Crippen LogP contribution is -2.21. The van der Waals surface area contributed by atoms with Crippen molar-refractivity contribution in [3.63, 3.8) is 0 Å². The Morgan fingerprint density at radius 2 is 1.92 bits per heavy atom. The number of carbonyl (C=O) groups is 2. The normalized spacial score (nSPS) is 11.2. The topological polar surface area (TPSA) is 79.2 Å². The summed E-state index contributed by atoms with van der Waals surface area (Å²) in [7, 11) is 0. The van der Waals surface area contributed by atoms with E-state index in [9.17, 15) is 9.59 Å². The van der Waals surface area contributed by atoms with Crippen molar-refractivity contribution in [1.82, 2.24) is 0 Å². The number of anilines is 1. The first kappa shape index (κ1) is 17.2. The number of hydrogen-bond donors (Lipinski definition) is 1. The van der Waals surface area contributed by atoms with Crippen molar-refractivity contribution < 1.29 is 14.3 Å². The fourth-order valence-electron chi connectivity index (χ4n) is 2.22. The maximum atomic E-state index is 11.8. The Morgan fingerprint density at radius 1 is 1.17 bits per heavy atom. The molecule has 0 fully saturated rings. The summed E-state index contributed by atoms with van der Waals surface area (Å²) in [5, 5.41) is 11.4. The van der Waals surface area contributed by atoms with Crippen LogP contribution in [0.1, 0.15) is 30.4 Å². The predicted octanol–water partition coefficient (Wildman–Crippen LogP) is 3.23. The second-order valence-corrected chi connectivity index (χ2v) is 5.42. The van der Waals surface area contributed by atoms with Crippen LogP contribution < -0.4 is 5.32 Å². The van der Waals surface area contributed by atoms with Crippen LogP contribution in [0.5, 0.6) is 0 Å². The Bertz CT molecular complexity index is 751. The molecule has 2 aromatic rings. The van der Waals surface area contributed by atoms with Crippen LogP contribution >= 0.6 is 0 Å². The molecule has 0 heterocycles. The van der Waals surface area contributed by atoms with Crippen LogP contribution in [0.3, 0.4) is 0 Å². The zero-order valence-corrected chi connectivity index (χ0v) is 13.4. The molecule has 122 valence electrons. The molecule has 0 bridgehead atoms. The lowest BCUT2D eigenvalue weighted by molar-refractivity contribution is -0.147. The second-order valence-electron chi connectivity index (χ2n) is 5.42. The summed E-state index contributed by atoms with van der Waals surface area (Å²) in [4.78, 5) is 23.6. The largest absolute Gasteiger partial charge is 0.456 e. The molecule has 0 aliphatic rings. The van der Waals surface area contributed by atoms with Crippen molar-refractivity contribution in [2.24, 2.45) is 0 Å². The zero-order valence-electron chi connectivity index (χ0n) is 13.4. The van der Waals surface area contributed by atoms with Crippen molar-refractivity contribution >= 4 is 17.6 Å². The molecular formula is C19H18N2O3. The molecule has 0 unspecified atom stereocenters. The minimum Gasteiger partial charge on any atom is -0.456 e. The summed E-state index contributed by atoms with van der Waals surface area (Å²) < 4.78 is 5.01. The van der Waals surface area contributed by atoms with Crippen LogP contribution in [-0.4, -0.2) is 18.5 Å². The maximum absolute atomic E-state index is 11.8. The molecule has 2 aromatic carbocycles. The molecule has 0 spiro atoms. The molecule has 0 saturated heterocycles. The van der Waals surface area contributed by atoms with Gasteiger partial charge in [0.25, 0.3) is 5.91 Å². The van der Waals surface area contributed by atoms with Crippen molar-refractivity contribution in [2.45, 2.75) is 19.3 Å². The number of benzene rings is 2. The Kier molecular flexibility index (Phi) is 6.09. The SMILES string of the molecule is C[C@H](CC(=O)OCC(=O)Nc1cccc(C#N)c1)c1ccccc1. The molecule has 0 aliphatic carbocycles. The van der Waals surface area contributed by atoms with Crippen molar-refractivity contribution in [3.8, 4) is 6.07 Å². The Morgan fingerprint density at radius 3 is 2.62 bits per heavy atom. The van der Waals surface area contributed by atoms with Gasteiger partial charge in [0, 0.05) is 5.69 Å². The van der Waals surface area contributed by atoms with E-state index < -0.39 is 11.9 Å². The number of nitrogens with one attached hydrogen (secondary N) is 1. The fraction of sp³-hybridized carbons (Fsp3) is 0.211. The Hall–Kier alpha value is -3.13. The number of ether oxygens (including phenoxy) is 1. The average molecular weight is 322 g/mol. The molecule has 1 atom stereocenters. The maximum Gasteiger partial charge on any atom is 0.306 e. The van der Waals surface area contributed by atoms with Crippen molar-refractivity contribution in [3.05, 3.63) is 65.7 Å². The number of nitriles is 1. The molecule has 1 amide bonds. The first-order valence-corrected chi connectivity index (χ1v) is 7.59. The highest BCUT2D eigenvalue weighted by Gasteiger charge is 2.13. The third kappa shape index (κ3) is 5.25. The van der Waals surface area contributed by atoms with Crippen LogP contribution in [0.2, 0.25) is 0 Å². The van der Waals surface area contributed by atoms with Gasteiger partial charge in [-0.1, -0.05) is 43.3 Å². The van der Waals surface area contributed by atoms with Crippen LogP contribution in [0, 0.1) is 11.3 Å². The summed E-state index contributed by atoms with van der Waals surface area (Å²) in [6.45, 7) is 1.58. The summed E-state index contributed by atoms with van der Waals surface area (Å²) in [6, 6.07) is 18.2. The van der Waals surface area contributed by atoms with Gasteiger partial charge in [-0.2, -0.15) is 5.26 Å². The first-order valence-electron chi connectivity index (χ1n) is 7.59. The summed E-state index contributed by atoms with van der Waals surface area (Å²) in [5.41, 5.74) is 1.99. The first-order chi connectivity index (χ1) is 11.6. The smallest absolute Gasteiger partial charge is 0.306 e. The van der Waals surface area contributed by atoms with Gasteiger partial charge in [-0.3, -0.25) is 9.59 Å². The highest BCUT2D eigenvalue weighted by molar-refractivity contribution is 5.92. The van der Waals surface area contributed by atoms with E-state index in [2.05, 4.69) is 5.32 Å². The van der Waals surface area contributed by atoms with E-state index in [-0.39, 0.29) is 18.9 Å². The zero-order chi connectivity index (χ0) is 17.4. The summed E-state index contributed by atoms with van der Waals surface area (Å²) >= 11 is 0. The molecule has 0 saturated carbocycles. The Labute approximate surface area is 140 Å². The molecule has 24 heavy (non-hydrogen) atoms. The molecule has 5 nitrogen and oxygen atoms in total. The van der Waals surface area contributed by atoms with E-state index in [1.165, 1.54) is 0 Å². The van der Waals surface area contributed by atoms with E-state index in [0.29, 0.717) is 11.3 Å². The van der Waals surface area contributed by atoms with E-state index >= 15 is 0 Å². The van der Waals surface area contributed by atoms with Gasteiger partial charge in [0.2, 0.25) is 0 Å². The summed E-state index contributed by atoms with van der Waals surface area (Å²) in [6.07, 6.45) is 0.210. The molecule has 0 aromatic heterocycles. The lowest BCUT2D eigenvalue weighted by Gasteiger charge is -2.11. The number of esters is 1. The highest BCUT2D eigenvalue weighted by atomic mass is 16.5. The molecule has 5 heteroatoms. The lowest BCUT2D eigenvalue weighted by atomic mass is 9.98. The van der Waals surface area contributed by atoms with Crippen molar-refractivity contribution in [1.29, 1.82) is 5.26 Å². The van der Waals surface area contributed by atoms with E-state index in [1.54, 1.807) is 24.3 Å². The predicted molar refractivity (Wildman–Crippen MR) is 90.2 cm³/mol. The summed E-state index contributed by atoms with van der Waals surface area (Å²) in [5.74, 6) is -0.841. The number of carbonyl (C=O) groups excluding carboxylic acids is 2. The highest BCUT2D eigenvalue weighted by Crippen LogP contribution is 2.18.